The highest BCUT2D eigenvalue weighted by atomic mass is 16.2. The zero-order chi connectivity index (χ0) is 12.0. The first kappa shape index (κ1) is 14.0. The molecule has 1 rings (SSSR count). The maximum Gasteiger partial charge on any atom is 0.0431 e. The topological polar surface area (TPSA) is 23.5 Å². The monoisotopic (exact) mass is 227 g/mol. The lowest BCUT2D eigenvalue weighted by molar-refractivity contribution is 0.150. The third kappa shape index (κ3) is 4.42. The molecule has 1 aliphatic heterocycles. The van der Waals surface area contributed by atoms with Crippen LogP contribution in [0.1, 0.15) is 52.9 Å². The summed E-state index contributed by atoms with van der Waals surface area (Å²) in [4.78, 5) is 2.67. The Morgan fingerprint density at radius 1 is 1.19 bits per heavy atom. The summed E-state index contributed by atoms with van der Waals surface area (Å²) < 4.78 is 0. The summed E-state index contributed by atoms with van der Waals surface area (Å²) in [6.45, 7) is 9.86. The lowest BCUT2D eigenvalue weighted by Gasteiger charge is -2.32. The van der Waals surface area contributed by atoms with Crippen LogP contribution in [-0.2, 0) is 0 Å². The van der Waals surface area contributed by atoms with Gasteiger partial charge in [0.2, 0.25) is 0 Å². The van der Waals surface area contributed by atoms with Crippen LogP contribution in [0.5, 0.6) is 0 Å². The minimum absolute atomic E-state index is 0.344. The largest absolute Gasteiger partial charge is 0.396 e. The van der Waals surface area contributed by atoms with E-state index in [9.17, 15) is 0 Å². The third-order valence-corrected chi connectivity index (χ3v) is 3.96. The molecular formula is C14H29NO. The van der Waals surface area contributed by atoms with E-state index >= 15 is 0 Å². The summed E-state index contributed by atoms with van der Waals surface area (Å²) in [6.07, 6.45) is 6.20. The molecule has 1 saturated heterocycles. The Hall–Kier alpha value is -0.0800. The van der Waals surface area contributed by atoms with Crippen LogP contribution in [-0.4, -0.2) is 35.7 Å². The molecule has 0 aliphatic carbocycles. The van der Waals surface area contributed by atoms with Gasteiger partial charge in [0, 0.05) is 12.6 Å². The highest BCUT2D eigenvalue weighted by Gasteiger charge is 2.25. The molecular weight excluding hydrogens is 198 g/mol. The third-order valence-electron chi connectivity index (χ3n) is 3.96. The van der Waals surface area contributed by atoms with Crippen LogP contribution in [0.15, 0.2) is 0 Å². The number of likely N-dealkylation sites (tertiary alicyclic amines) is 1. The molecule has 0 aromatic rings. The van der Waals surface area contributed by atoms with Crippen molar-refractivity contribution in [3.05, 3.63) is 0 Å². The summed E-state index contributed by atoms with van der Waals surface area (Å²) in [5.41, 5.74) is 0. The standard InChI is InChI=1S/C14H29NO/c1-12(2)14-7-6-13(3)8-10-15(14)9-4-5-11-16/h12-14,16H,4-11H2,1-3H3. The molecule has 0 bridgehead atoms. The number of rotatable bonds is 5. The van der Waals surface area contributed by atoms with Crippen LogP contribution in [0.4, 0.5) is 0 Å². The Kier molecular flexibility index (Phi) is 6.37. The fourth-order valence-corrected chi connectivity index (χ4v) is 2.79. The summed E-state index contributed by atoms with van der Waals surface area (Å²) >= 11 is 0. The van der Waals surface area contributed by atoms with E-state index in [0.29, 0.717) is 6.61 Å². The van der Waals surface area contributed by atoms with Gasteiger partial charge in [-0.25, -0.2) is 0 Å². The van der Waals surface area contributed by atoms with Crippen molar-refractivity contribution in [1.82, 2.24) is 4.90 Å². The number of aliphatic hydroxyl groups is 1. The maximum atomic E-state index is 8.85. The van der Waals surface area contributed by atoms with Crippen LogP contribution in [0, 0.1) is 11.8 Å². The van der Waals surface area contributed by atoms with Gasteiger partial charge in [0.1, 0.15) is 0 Å². The van der Waals surface area contributed by atoms with Crippen LogP contribution < -0.4 is 0 Å². The van der Waals surface area contributed by atoms with E-state index < -0.39 is 0 Å². The first-order valence-electron chi connectivity index (χ1n) is 7.00. The summed E-state index contributed by atoms with van der Waals surface area (Å²) in [5, 5.41) is 8.85. The number of aliphatic hydroxyl groups excluding tert-OH is 1. The molecule has 16 heavy (non-hydrogen) atoms. The molecule has 0 radical (unpaired) electrons. The van der Waals surface area contributed by atoms with Gasteiger partial charge < -0.3 is 10.0 Å². The van der Waals surface area contributed by atoms with Crippen molar-refractivity contribution in [1.29, 1.82) is 0 Å². The average molecular weight is 227 g/mol. The summed E-state index contributed by atoms with van der Waals surface area (Å²) in [6, 6.07) is 0.767. The lowest BCUT2D eigenvalue weighted by atomic mass is 9.95. The fraction of sp³-hybridized carbons (Fsp3) is 1.00. The van der Waals surface area contributed by atoms with Crippen LogP contribution >= 0.6 is 0 Å². The van der Waals surface area contributed by atoms with Gasteiger partial charge >= 0.3 is 0 Å². The second kappa shape index (κ2) is 7.29. The van der Waals surface area contributed by atoms with Crippen molar-refractivity contribution in [3.8, 4) is 0 Å². The molecule has 96 valence electrons. The Morgan fingerprint density at radius 3 is 2.56 bits per heavy atom. The molecule has 2 unspecified atom stereocenters. The smallest absolute Gasteiger partial charge is 0.0431 e. The van der Waals surface area contributed by atoms with Crippen LogP contribution in [0.3, 0.4) is 0 Å². The van der Waals surface area contributed by atoms with Crippen LogP contribution in [0.2, 0.25) is 0 Å². The zero-order valence-electron chi connectivity index (χ0n) is 11.3. The van der Waals surface area contributed by atoms with E-state index in [4.69, 9.17) is 5.11 Å². The van der Waals surface area contributed by atoms with Crippen molar-refractivity contribution in [2.24, 2.45) is 11.8 Å². The highest BCUT2D eigenvalue weighted by Crippen LogP contribution is 2.25. The van der Waals surface area contributed by atoms with Gasteiger partial charge in [-0.05, 0) is 57.0 Å². The molecule has 0 saturated carbocycles. The summed E-state index contributed by atoms with van der Waals surface area (Å²) in [7, 11) is 0. The molecule has 1 fully saturated rings. The predicted octanol–water partition coefficient (Wildman–Crippen LogP) is 2.91. The van der Waals surface area contributed by atoms with E-state index in [1.54, 1.807) is 0 Å². The second-order valence-corrected chi connectivity index (χ2v) is 5.75. The predicted molar refractivity (Wildman–Crippen MR) is 69.5 cm³/mol. The molecule has 0 aromatic carbocycles. The quantitative estimate of drug-likeness (QED) is 0.730. The van der Waals surface area contributed by atoms with Gasteiger partial charge in [-0.1, -0.05) is 20.8 Å². The van der Waals surface area contributed by atoms with E-state index in [-0.39, 0.29) is 0 Å². The van der Waals surface area contributed by atoms with Gasteiger partial charge in [-0.15, -0.1) is 0 Å². The van der Waals surface area contributed by atoms with Crippen molar-refractivity contribution in [2.45, 2.75) is 58.9 Å². The molecule has 0 spiro atoms. The van der Waals surface area contributed by atoms with E-state index in [1.807, 2.05) is 0 Å². The van der Waals surface area contributed by atoms with Gasteiger partial charge in [0.25, 0.3) is 0 Å². The van der Waals surface area contributed by atoms with E-state index in [0.717, 1.165) is 30.7 Å². The minimum Gasteiger partial charge on any atom is -0.396 e. The first-order valence-corrected chi connectivity index (χ1v) is 7.00. The van der Waals surface area contributed by atoms with Gasteiger partial charge in [-0.3, -0.25) is 0 Å². The molecule has 2 atom stereocenters. The fourth-order valence-electron chi connectivity index (χ4n) is 2.79. The number of hydrogen-bond acceptors (Lipinski definition) is 2. The van der Waals surface area contributed by atoms with Crippen molar-refractivity contribution in [2.75, 3.05) is 19.7 Å². The molecule has 1 heterocycles. The van der Waals surface area contributed by atoms with E-state index in [1.165, 1.54) is 32.4 Å². The molecule has 0 aromatic heterocycles. The Labute approximate surface area is 101 Å². The molecule has 2 heteroatoms. The number of unbranched alkanes of at least 4 members (excludes halogenated alkanes) is 1. The molecule has 2 nitrogen and oxygen atoms in total. The Balaban J connectivity index is 2.46. The lowest BCUT2D eigenvalue weighted by Crippen LogP contribution is -2.39. The van der Waals surface area contributed by atoms with Crippen LogP contribution in [0.25, 0.3) is 0 Å². The zero-order valence-corrected chi connectivity index (χ0v) is 11.3. The van der Waals surface area contributed by atoms with Crippen molar-refractivity contribution in [3.63, 3.8) is 0 Å². The minimum atomic E-state index is 0.344. The number of nitrogens with zero attached hydrogens (tertiary/aromatic N) is 1. The molecule has 1 N–H and O–H groups in total. The second-order valence-electron chi connectivity index (χ2n) is 5.75. The first-order chi connectivity index (χ1) is 7.65. The highest BCUT2D eigenvalue weighted by molar-refractivity contribution is 4.79. The SMILES string of the molecule is CC1CCC(C(C)C)N(CCCCO)CC1. The molecule has 0 amide bonds. The Bertz CT molecular complexity index is 182. The Morgan fingerprint density at radius 2 is 1.94 bits per heavy atom. The van der Waals surface area contributed by atoms with Crippen molar-refractivity contribution < 1.29 is 5.11 Å². The van der Waals surface area contributed by atoms with Gasteiger partial charge in [-0.2, -0.15) is 0 Å². The normalized spacial score (nSPS) is 28.3. The number of hydrogen-bond donors (Lipinski definition) is 1. The average Bonchev–Trinajstić information content (AvgIpc) is 2.41. The molecule has 1 aliphatic rings. The van der Waals surface area contributed by atoms with Gasteiger partial charge in [0.15, 0.2) is 0 Å². The summed E-state index contributed by atoms with van der Waals surface area (Å²) in [5.74, 6) is 1.66. The maximum absolute atomic E-state index is 8.85. The van der Waals surface area contributed by atoms with E-state index in [2.05, 4.69) is 25.7 Å². The van der Waals surface area contributed by atoms with Crippen molar-refractivity contribution >= 4 is 0 Å². The van der Waals surface area contributed by atoms with Gasteiger partial charge in [0.05, 0.1) is 0 Å².